The first kappa shape index (κ1) is 23.2. The maximum Gasteiger partial charge on any atom is 0.296 e. The minimum atomic E-state index is -4.92. The van der Waals surface area contributed by atoms with E-state index in [1.165, 1.54) is 0 Å². The number of anilines is 2. The maximum absolute atomic E-state index is 12.9. The van der Waals surface area contributed by atoms with Gasteiger partial charge in [0.15, 0.2) is 0 Å². The van der Waals surface area contributed by atoms with Crippen molar-refractivity contribution in [3.8, 4) is 0 Å². The van der Waals surface area contributed by atoms with Crippen LogP contribution in [0.4, 0.5) is 22.7 Å². The number of benzene rings is 2. The van der Waals surface area contributed by atoms with Crippen molar-refractivity contribution >= 4 is 60.6 Å². The molecule has 0 unspecified atom stereocenters. The number of aliphatic imine (C=N–C) groups is 1. The average molecular weight is 479 g/mol. The Kier molecular flexibility index (Phi) is 5.97. The van der Waals surface area contributed by atoms with Gasteiger partial charge in [-0.2, -0.15) is 21.9 Å². The average Bonchev–Trinajstić information content (AvgIpc) is 2.71. The minimum Gasteiger partial charge on any atom is -0.396 e. The van der Waals surface area contributed by atoms with E-state index in [4.69, 9.17) is 5.73 Å². The van der Waals surface area contributed by atoms with Crippen molar-refractivity contribution in [1.82, 2.24) is 0 Å². The Morgan fingerprint density at radius 2 is 1.62 bits per heavy atom. The molecule has 168 valence electrons. The number of hydrogen-bond donors (Lipinski definition) is 4. The summed E-state index contributed by atoms with van der Waals surface area (Å²) < 4.78 is 66.3. The van der Waals surface area contributed by atoms with Crippen molar-refractivity contribution < 1.29 is 30.7 Å². The lowest BCUT2D eigenvalue weighted by Crippen LogP contribution is -2.27. The number of carbonyl (C=O) groups excluding carboxylic acids is 1. The van der Waals surface area contributed by atoms with E-state index in [-0.39, 0.29) is 11.1 Å². The molecule has 2 aromatic rings. The second-order valence-electron chi connectivity index (χ2n) is 6.46. The summed E-state index contributed by atoms with van der Waals surface area (Å²) in [4.78, 5) is 14.8. The fourth-order valence-electron chi connectivity index (χ4n) is 3.01. The fraction of sp³-hybridized carbons (Fsp3) is 0.111. The number of carbonyl (C=O) groups is 1. The van der Waals surface area contributed by atoms with Crippen molar-refractivity contribution in [2.75, 3.05) is 25.1 Å². The lowest BCUT2D eigenvalue weighted by Gasteiger charge is -2.19. The molecule has 2 aromatic carbocycles. The van der Waals surface area contributed by atoms with E-state index in [1.54, 1.807) is 31.3 Å². The Bertz CT molecular complexity index is 1430. The number of nitrogens with zero attached hydrogens (tertiary/aromatic N) is 3. The number of ketones is 1. The molecule has 0 fully saturated rings. The van der Waals surface area contributed by atoms with Gasteiger partial charge >= 0.3 is 0 Å². The Labute approximate surface area is 183 Å². The molecule has 0 bridgehead atoms. The zero-order chi connectivity index (χ0) is 23.8. The fourth-order valence-corrected chi connectivity index (χ4v) is 4.38. The second kappa shape index (κ2) is 8.23. The van der Waals surface area contributed by atoms with Crippen LogP contribution in [-0.2, 0) is 20.2 Å². The lowest BCUT2D eigenvalue weighted by molar-refractivity contribution is 0.106. The van der Waals surface area contributed by atoms with Crippen LogP contribution in [0.15, 0.2) is 55.4 Å². The van der Waals surface area contributed by atoms with Gasteiger partial charge < -0.3 is 11.1 Å². The minimum absolute atomic E-state index is 0.266. The first-order valence-corrected chi connectivity index (χ1v) is 11.6. The van der Waals surface area contributed by atoms with Crippen LogP contribution < -0.4 is 11.1 Å². The third-order valence-electron chi connectivity index (χ3n) is 4.50. The van der Waals surface area contributed by atoms with Crippen LogP contribution in [0.2, 0.25) is 0 Å². The van der Waals surface area contributed by atoms with E-state index in [2.05, 4.69) is 20.5 Å². The molecule has 12 nitrogen and oxygen atoms in total. The number of fused-ring (bicyclic) bond motifs is 1. The van der Waals surface area contributed by atoms with Gasteiger partial charge in [-0.05, 0) is 42.0 Å². The summed E-state index contributed by atoms with van der Waals surface area (Å²) in [6.45, 7) is 0. The highest BCUT2D eigenvalue weighted by molar-refractivity contribution is 7.91. The van der Waals surface area contributed by atoms with Crippen molar-refractivity contribution in [3.63, 3.8) is 0 Å². The Morgan fingerprint density at radius 3 is 2.12 bits per heavy atom. The van der Waals surface area contributed by atoms with Gasteiger partial charge in [0.2, 0.25) is 5.78 Å². The van der Waals surface area contributed by atoms with Gasteiger partial charge in [-0.1, -0.05) is 0 Å². The topological polar surface area (TPSA) is 201 Å². The molecule has 0 atom stereocenters. The first-order chi connectivity index (χ1) is 14.9. The molecule has 32 heavy (non-hydrogen) atoms. The molecule has 0 aliphatic heterocycles. The van der Waals surface area contributed by atoms with Crippen LogP contribution in [0.25, 0.3) is 6.08 Å². The molecular formula is C18H17N5O7S2. The molecular weight excluding hydrogens is 462 g/mol. The van der Waals surface area contributed by atoms with Crippen LogP contribution in [-0.4, -0.2) is 51.5 Å². The molecule has 1 aliphatic carbocycles. The third kappa shape index (κ3) is 4.29. The molecule has 0 radical (unpaired) electrons. The lowest BCUT2D eigenvalue weighted by atomic mass is 9.92. The van der Waals surface area contributed by atoms with Crippen molar-refractivity contribution in [1.29, 1.82) is 0 Å². The van der Waals surface area contributed by atoms with Gasteiger partial charge in [0.25, 0.3) is 20.2 Å². The summed E-state index contributed by atoms with van der Waals surface area (Å²) in [5.74, 6) is -0.980. The predicted octanol–water partition coefficient (Wildman–Crippen LogP) is 2.47. The van der Waals surface area contributed by atoms with Gasteiger partial charge in [-0.25, -0.2) is 0 Å². The second-order valence-corrected chi connectivity index (χ2v) is 9.24. The SMILES string of the molecule is C/N=C1/C(=O)c2c(cc(S(=O)(=O)O)c(/N=N/c3ccc(NC)cc3)c2N)C=C1S(=O)(=O)O. The molecule has 0 aromatic heterocycles. The summed E-state index contributed by atoms with van der Waals surface area (Å²) in [6.07, 6.45) is 0.830. The van der Waals surface area contributed by atoms with E-state index in [1.807, 2.05) is 0 Å². The van der Waals surface area contributed by atoms with Gasteiger partial charge in [0.05, 0.1) is 16.9 Å². The summed E-state index contributed by atoms with van der Waals surface area (Å²) >= 11 is 0. The molecule has 3 rings (SSSR count). The number of nitrogen functional groups attached to an aromatic ring is 1. The van der Waals surface area contributed by atoms with E-state index in [9.17, 15) is 30.7 Å². The highest BCUT2D eigenvalue weighted by atomic mass is 32.2. The maximum atomic E-state index is 12.9. The van der Waals surface area contributed by atoms with Crippen molar-refractivity contribution in [2.24, 2.45) is 15.2 Å². The number of azo groups is 1. The molecule has 0 saturated carbocycles. The van der Waals surface area contributed by atoms with Crippen LogP contribution in [0.5, 0.6) is 0 Å². The van der Waals surface area contributed by atoms with Crippen LogP contribution in [0.3, 0.4) is 0 Å². The van der Waals surface area contributed by atoms with Gasteiger partial charge in [0, 0.05) is 19.8 Å². The molecule has 5 N–H and O–H groups in total. The monoisotopic (exact) mass is 479 g/mol. The number of Topliss-reactive ketones (excluding diaryl/α,β-unsaturated/α-hetero) is 1. The van der Waals surface area contributed by atoms with Gasteiger partial charge in [0.1, 0.15) is 21.2 Å². The van der Waals surface area contributed by atoms with E-state index in [0.29, 0.717) is 5.69 Å². The number of nitrogens with one attached hydrogen (secondary N) is 1. The standard InChI is InChI=1S/C18H17N5O7S2/c1-20-10-3-5-11(6-4-10)22-23-16-12(31(25,26)27)7-9-8-13(32(28,29)30)17(21-2)18(24)14(9)15(16)19/h3-8,20H,19H2,1-2H3,(H,25,26,27)(H,28,29,30)/b21-17+,23-22+. The summed E-state index contributed by atoms with van der Waals surface area (Å²) in [5, 5.41) is 10.6. The smallest absolute Gasteiger partial charge is 0.296 e. The molecule has 0 saturated heterocycles. The Hall–Kier alpha value is -3.46. The number of hydrogen-bond acceptors (Lipinski definition) is 10. The summed E-state index contributed by atoms with van der Waals surface area (Å²) in [5.41, 5.74) is 4.97. The van der Waals surface area contributed by atoms with E-state index >= 15 is 0 Å². The molecule has 0 amide bonds. The Morgan fingerprint density at radius 1 is 1.00 bits per heavy atom. The van der Waals surface area contributed by atoms with Gasteiger partial charge in [-0.3, -0.25) is 18.9 Å². The normalized spacial score (nSPS) is 15.7. The number of rotatable bonds is 5. The van der Waals surface area contributed by atoms with Crippen molar-refractivity contribution in [3.05, 3.63) is 46.4 Å². The molecule has 1 aliphatic rings. The van der Waals surface area contributed by atoms with E-state index < -0.39 is 52.9 Å². The quantitative estimate of drug-likeness (QED) is 0.282. The molecule has 0 heterocycles. The van der Waals surface area contributed by atoms with Crippen molar-refractivity contribution in [2.45, 2.75) is 4.90 Å². The van der Waals surface area contributed by atoms with Crippen LogP contribution in [0, 0.1) is 0 Å². The van der Waals surface area contributed by atoms with Crippen LogP contribution >= 0.6 is 0 Å². The summed E-state index contributed by atoms with van der Waals surface area (Å²) in [6, 6.07) is 7.33. The zero-order valence-corrected chi connectivity index (χ0v) is 18.3. The zero-order valence-electron chi connectivity index (χ0n) is 16.6. The van der Waals surface area contributed by atoms with Crippen LogP contribution in [0.1, 0.15) is 15.9 Å². The largest absolute Gasteiger partial charge is 0.396 e. The molecule has 0 spiro atoms. The number of allylic oxidation sites excluding steroid dienone is 1. The number of nitrogens with two attached hydrogens (primary N) is 1. The van der Waals surface area contributed by atoms with Gasteiger partial charge in [-0.15, -0.1) is 5.11 Å². The summed E-state index contributed by atoms with van der Waals surface area (Å²) in [7, 11) is -6.94. The third-order valence-corrected chi connectivity index (χ3v) is 6.23. The highest BCUT2D eigenvalue weighted by Crippen LogP contribution is 2.40. The highest BCUT2D eigenvalue weighted by Gasteiger charge is 2.36. The predicted molar refractivity (Wildman–Crippen MR) is 118 cm³/mol. The molecule has 14 heteroatoms. The first-order valence-electron chi connectivity index (χ1n) is 8.73. The van der Waals surface area contributed by atoms with E-state index in [0.717, 1.165) is 24.9 Å². The Balaban J connectivity index is 2.29.